The lowest BCUT2D eigenvalue weighted by atomic mass is 10.2. The van der Waals surface area contributed by atoms with E-state index in [4.69, 9.17) is 0 Å². The maximum Gasteiger partial charge on any atom is 0.178 e. The molecule has 2 aromatic heterocycles. The van der Waals surface area contributed by atoms with Crippen LogP contribution in [0.25, 0.3) is 0 Å². The second-order valence-electron chi connectivity index (χ2n) is 3.41. The van der Waals surface area contributed by atoms with Gasteiger partial charge < -0.3 is 0 Å². The summed E-state index contributed by atoms with van der Waals surface area (Å²) in [6, 6.07) is 5.97. The van der Waals surface area contributed by atoms with Gasteiger partial charge in [0.2, 0.25) is 0 Å². The van der Waals surface area contributed by atoms with Gasteiger partial charge in [0.15, 0.2) is 5.78 Å². The Morgan fingerprint density at radius 1 is 1.38 bits per heavy atom. The minimum Gasteiger partial charge on any atom is -0.293 e. The lowest BCUT2D eigenvalue weighted by molar-refractivity contribution is 0.0997. The number of thiophene rings is 2. The van der Waals surface area contributed by atoms with Crippen molar-refractivity contribution in [3.8, 4) is 0 Å². The quantitative estimate of drug-likeness (QED) is 0.756. The molecule has 0 fully saturated rings. The molecule has 0 bridgehead atoms. The van der Waals surface area contributed by atoms with E-state index in [1.54, 1.807) is 22.7 Å². The van der Waals surface area contributed by atoms with Crippen LogP contribution >= 0.6 is 38.6 Å². The topological polar surface area (TPSA) is 17.1 Å². The Morgan fingerprint density at radius 3 is 2.75 bits per heavy atom. The number of hydrogen-bond donors (Lipinski definition) is 0. The van der Waals surface area contributed by atoms with Crippen LogP contribution in [-0.4, -0.2) is 5.78 Å². The zero-order valence-corrected chi connectivity index (χ0v) is 12.0. The Hall–Kier alpha value is -0.450. The SMILES string of the molecule is CCc1ccc(C(=O)Cc2sccc2Br)s1. The van der Waals surface area contributed by atoms with Crippen molar-refractivity contribution in [2.45, 2.75) is 19.8 Å². The monoisotopic (exact) mass is 314 g/mol. The number of aryl methyl sites for hydroxylation is 1. The van der Waals surface area contributed by atoms with Crippen LogP contribution in [-0.2, 0) is 12.8 Å². The fraction of sp³-hybridized carbons (Fsp3) is 0.250. The molecule has 2 aromatic rings. The van der Waals surface area contributed by atoms with Crippen LogP contribution in [0.3, 0.4) is 0 Å². The Morgan fingerprint density at radius 2 is 2.19 bits per heavy atom. The van der Waals surface area contributed by atoms with E-state index in [1.807, 2.05) is 23.6 Å². The van der Waals surface area contributed by atoms with Crippen LogP contribution in [0.4, 0.5) is 0 Å². The summed E-state index contributed by atoms with van der Waals surface area (Å²) in [6.07, 6.45) is 1.50. The van der Waals surface area contributed by atoms with E-state index in [1.165, 1.54) is 4.88 Å². The predicted molar refractivity (Wildman–Crippen MR) is 73.8 cm³/mol. The van der Waals surface area contributed by atoms with Gasteiger partial charge in [0, 0.05) is 20.6 Å². The van der Waals surface area contributed by atoms with Crippen molar-refractivity contribution in [3.63, 3.8) is 0 Å². The fourth-order valence-electron chi connectivity index (χ4n) is 1.40. The number of hydrogen-bond acceptors (Lipinski definition) is 3. The fourth-order valence-corrected chi connectivity index (χ4v) is 3.78. The van der Waals surface area contributed by atoms with E-state index < -0.39 is 0 Å². The Labute approximate surface area is 111 Å². The van der Waals surface area contributed by atoms with Gasteiger partial charge in [-0.2, -0.15) is 0 Å². The van der Waals surface area contributed by atoms with Gasteiger partial charge in [-0.05, 0) is 45.9 Å². The van der Waals surface area contributed by atoms with Crippen molar-refractivity contribution in [2.75, 3.05) is 0 Å². The first kappa shape index (κ1) is 12.0. The second kappa shape index (κ2) is 5.25. The average molecular weight is 315 g/mol. The van der Waals surface area contributed by atoms with E-state index >= 15 is 0 Å². The molecule has 0 aromatic carbocycles. The molecule has 0 spiro atoms. The number of carbonyl (C=O) groups excluding carboxylic acids is 1. The molecule has 0 saturated carbocycles. The summed E-state index contributed by atoms with van der Waals surface area (Å²) >= 11 is 6.68. The highest BCUT2D eigenvalue weighted by molar-refractivity contribution is 9.10. The van der Waals surface area contributed by atoms with Crippen LogP contribution in [0, 0.1) is 0 Å². The third-order valence-electron chi connectivity index (χ3n) is 2.30. The first-order chi connectivity index (χ1) is 7.70. The van der Waals surface area contributed by atoms with E-state index in [0.29, 0.717) is 6.42 Å². The lowest BCUT2D eigenvalue weighted by Gasteiger charge is -1.96. The second-order valence-corrected chi connectivity index (χ2v) is 6.43. The van der Waals surface area contributed by atoms with Gasteiger partial charge in [-0.1, -0.05) is 6.92 Å². The average Bonchev–Trinajstić information content (AvgIpc) is 2.88. The van der Waals surface area contributed by atoms with Gasteiger partial charge in [-0.25, -0.2) is 0 Å². The Kier molecular flexibility index (Phi) is 3.95. The molecule has 2 rings (SSSR count). The van der Waals surface area contributed by atoms with Crippen LogP contribution < -0.4 is 0 Å². The summed E-state index contributed by atoms with van der Waals surface area (Å²) in [4.78, 5) is 15.2. The smallest absolute Gasteiger partial charge is 0.178 e. The van der Waals surface area contributed by atoms with E-state index in [2.05, 4.69) is 22.9 Å². The largest absolute Gasteiger partial charge is 0.293 e. The van der Waals surface area contributed by atoms with Crippen molar-refractivity contribution in [2.24, 2.45) is 0 Å². The third-order valence-corrected chi connectivity index (χ3v) is 5.49. The van der Waals surface area contributed by atoms with Crippen LogP contribution in [0.2, 0.25) is 0 Å². The van der Waals surface area contributed by atoms with Gasteiger partial charge in [0.1, 0.15) is 0 Å². The summed E-state index contributed by atoms with van der Waals surface area (Å²) in [5.41, 5.74) is 0. The van der Waals surface area contributed by atoms with E-state index in [-0.39, 0.29) is 5.78 Å². The molecular formula is C12H11BrOS2. The molecule has 0 amide bonds. The van der Waals surface area contributed by atoms with Crippen LogP contribution in [0.15, 0.2) is 28.1 Å². The number of Topliss-reactive ketones (excluding diaryl/α,β-unsaturated/α-hetero) is 1. The summed E-state index contributed by atoms with van der Waals surface area (Å²) in [5, 5.41) is 2.00. The molecule has 0 radical (unpaired) electrons. The molecule has 0 aliphatic heterocycles. The molecule has 0 unspecified atom stereocenters. The summed E-state index contributed by atoms with van der Waals surface area (Å²) in [6.45, 7) is 2.11. The van der Waals surface area contributed by atoms with Crippen LogP contribution in [0.1, 0.15) is 26.3 Å². The molecule has 0 aliphatic carbocycles. The van der Waals surface area contributed by atoms with Crippen molar-refractivity contribution in [3.05, 3.63) is 42.7 Å². The molecule has 0 saturated heterocycles. The number of carbonyl (C=O) groups is 1. The first-order valence-electron chi connectivity index (χ1n) is 5.04. The number of halogens is 1. The predicted octanol–water partition coefficient (Wildman–Crippen LogP) is 4.56. The van der Waals surface area contributed by atoms with E-state index in [0.717, 1.165) is 20.6 Å². The first-order valence-corrected chi connectivity index (χ1v) is 7.53. The highest BCUT2D eigenvalue weighted by atomic mass is 79.9. The Bertz CT molecular complexity index is 499. The molecule has 0 aliphatic rings. The van der Waals surface area contributed by atoms with Gasteiger partial charge >= 0.3 is 0 Å². The zero-order valence-electron chi connectivity index (χ0n) is 8.83. The molecule has 0 N–H and O–H groups in total. The van der Waals surface area contributed by atoms with Gasteiger partial charge in [0.05, 0.1) is 4.88 Å². The van der Waals surface area contributed by atoms with Gasteiger partial charge in [-0.3, -0.25) is 4.79 Å². The standard InChI is InChI=1S/C12H11BrOS2/c1-2-8-3-4-11(16-8)10(14)7-12-9(13)5-6-15-12/h3-6H,2,7H2,1H3. The molecule has 16 heavy (non-hydrogen) atoms. The highest BCUT2D eigenvalue weighted by Gasteiger charge is 2.12. The summed E-state index contributed by atoms with van der Waals surface area (Å²) in [5.74, 6) is 0.216. The summed E-state index contributed by atoms with van der Waals surface area (Å²) in [7, 11) is 0. The maximum atomic E-state index is 12.0. The van der Waals surface area contributed by atoms with Crippen molar-refractivity contribution >= 4 is 44.4 Å². The third kappa shape index (κ3) is 2.62. The maximum absolute atomic E-state index is 12.0. The molecule has 4 heteroatoms. The lowest BCUT2D eigenvalue weighted by Crippen LogP contribution is -1.99. The minimum absolute atomic E-state index is 0.216. The van der Waals surface area contributed by atoms with E-state index in [9.17, 15) is 4.79 Å². The zero-order chi connectivity index (χ0) is 11.5. The van der Waals surface area contributed by atoms with Crippen molar-refractivity contribution < 1.29 is 4.79 Å². The molecule has 84 valence electrons. The Balaban J connectivity index is 2.11. The normalized spacial score (nSPS) is 10.6. The van der Waals surface area contributed by atoms with Crippen molar-refractivity contribution in [1.82, 2.24) is 0 Å². The van der Waals surface area contributed by atoms with Crippen LogP contribution in [0.5, 0.6) is 0 Å². The summed E-state index contributed by atoms with van der Waals surface area (Å²) < 4.78 is 1.04. The molecule has 0 atom stereocenters. The molecular weight excluding hydrogens is 304 g/mol. The minimum atomic E-state index is 0.216. The van der Waals surface area contributed by atoms with Gasteiger partial charge in [-0.15, -0.1) is 22.7 Å². The van der Waals surface area contributed by atoms with Crippen molar-refractivity contribution in [1.29, 1.82) is 0 Å². The highest BCUT2D eigenvalue weighted by Crippen LogP contribution is 2.26. The molecule has 2 heterocycles. The number of ketones is 1. The molecule has 1 nitrogen and oxygen atoms in total. The number of rotatable bonds is 4. The van der Waals surface area contributed by atoms with Gasteiger partial charge in [0.25, 0.3) is 0 Å².